The van der Waals surface area contributed by atoms with Gasteiger partial charge in [-0.3, -0.25) is 4.99 Å². The first kappa shape index (κ1) is 20.6. The Bertz CT molecular complexity index is 760. The Kier molecular flexibility index (Phi) is 7.07. The Balaban J connectivity index is 2.01. The number of hydrogen-bond acceptors (Lipinski definition) is 4. The predicted molar refractivity (Wildman–Crippen MR) is 112 cm³/mol. The summed E-state index contributed by atoms with van der Waals surface area (Å²) in [4.78, 5) is 4.49. The van der Waals surface area contributed by atoms with Crippen molar-refractivity contribution in [2.24, 2.45) is 10.7 Å². The molecule has 1 atom stereocenters. The summed E-state index contributed by atoms with van der Waals surface area (Å²) >= 11 is 0. The molecule has 2 aromatic carbocycles. The average Bonchev–Trinajstić information content (AvgIpc) is 2.66. The number of ether oxygens (including phenoxy) is 2. The van der Waals surface area contributed by atoms with E-state index in [1.165, 1.54) is 5.56 Å². The van der Waals surface area contributed by atoms with Gasteiger partial charge in [-0.25, -0.2) is 0 Å². The summed E-state index contributed by atoms with van der Waals surface area (Å²) in [6, 6.07) is 16.0. The number of nitrogens with one attached hydrogen (secondary N) is 2. The molecule has 0 aliphatic rings. The van der Waals surface area contributed by atoms with Gasteiger partial charge in [0.1, 0.15) is 11.5 Å². The van der Waals surface area contributed by atoms with E-state index in [4.69, 9.17) is 15.2 Å². The topological polar surface area (TPSA) is 80.9 Å². The zero-order valence-corrected chi connectivity index (χ0v) is 16.7. The molecular formula is C21H30N4O2. The highest BCUT2D eigenvalue weighted by atomic mass is 16.5. The minimum absolute atomic E-state index is 0.212. The predicted octanol–water partition coefficient (Wildman–Crippen LogP) is 3.56. The molecule has 0 spiro atoms. The van der Waals surface area contributed by atoms with E-state index in [9.17, 15) is 0 Å². The minimum Gasteiger partial charge on any atom is -0.497 e. The quantitative estimate of drug-likeness (QED) is 0.489. The fraction of sp³-hybridized carbons (Fsp3) is 0.381. The first-order valence-electron chi connectivity index (χ1n) is 8.96. The van der Waals surface area contributed by atoms with Crippen LogP contribution in [-0.4, -0.2) is 32.3 Å². The fourth-order valence-corrected chi connectivity index (χ4v) is 2.83. The number of hydrogen-bond donors (Lipinski definition) is 3. The van der Waals surface area contributed by atoms with Gasteiger partial charge in [-0.2, -0.15) is 0 Å². The highest BCUT2D eigenvalue weighted by molar-refractivity contribution is 5.94. The van der Waals surface area contributed by atoms with E-state index >= 15 is 0 Å². The molecule has 0 radical (unpaired) electrons. The van der Waals surface area contributed by atoms with E-state index in [1.807, 2.05) is 36.4 Å². The lowest BCUT2D eigenvalue weighted by atomic mass is 10.0. The van der Waals surface area contributed by atoms with Crippen LogP contribution in [0.1, 0.15) is 32.4 Å². The van der Waals surface area contributed by atoms with E-state index < -0.39 is 0 Å². The Morgan fingerprint density at radius 1 is 1.11 bits per heavy atom. The monoisotopic (exact) mass is 370 g/mol. The smallest absolute Gasteiger partial charge is 0.193 e. The summed E-state index contributed by atoms with van der Waals surface area (Å²) in [5.74, 6) is 1.71. The van der Waals surface area contributed by atoms with Crippen LogP contribution in [-0.2, 0) is 0 Å². The van der Waals surface area contributed by atoms with Crippen molar-refractivity contribution in [1.82, 2.24) is 5.32 Å². The van der Waals surface area contributed by atoms with E-state index in [0.29, 0.717) is 29.7 Å². The van der Waals surface area contributed by atoms with Crippen LogP contribution in [0.3, 0.4) is 0 Å². The maximum atomic E-state index is 6.08. The lowest BCUT2D eigenvalue weighted by Crippen LogP contribution is -2.44. The van der Waals surface area contributed by atoms with Gasteiger partial charge in [0.2, 0.25) is 0 Å². The summed E-state index contributed by atoms with van der Waals surface area (Å²) in [5.41, 5.74) is 7.81. The number of aliphatic imine (C=N–C) groups is 1. The summed E-state index contributed by atoms with van der Waals surface area (Å²) < 4.78 is 10.6. The van der Waals surface area contributed by atoms with Crippen LogP contribution in [0.5, 0.6) is 11.5 Å². The molecule has 0 bridgehead atoms. The third-order valence-corrected chi connectivity index (χ3v) is 4.22. The van der Waals surface area contributed by atoms with Gasteiger partial charge in [-0.05, 0) is 38.5 Å². The Morgan fingerprint density at radius 2 is 1.81 bits per heavy atom. The van der Waals surface area contributed by atoms with Crippen molar-refractivity contribution in [2.45, 2.75) is 32.4 Å². The van der Waals surface area contributed by atoms with Crippen molar-refractivity contribution in [3.05, 3.63) is 54.1 Å². The number of methoxy groups -OCH3 is 2. The van der Waals surface area contributed by atoms with Crippen LogP contribution in [0.2, 0.25) is 0 Å². The Hall–Kier alpha value is -2.73. The molecule has 1 unspecified atom stereocenters. The third-order valence-electron chi connectivity index (χ3n) is 4.22. The second kappa shape index (κ2) is 9.28. The van der Waals surface area contributed by atoms with E-state index in [0.717, 1.165) is 0 Å². The van der Waals surface area contributed by atoms with Gasteiger partial charge >= 0.3 is 0 Å². The average molecular weight is 370 g/mol. The van der Waals surface area contributed by atoms with Gasteiger partial charge in [0, 0.05) is 17.6 Å². The second-order valence-electron chi connectivity index (χ2n) is 7.05. The van der Waals surface area contributed by atoms with Gasteiger partial charge in [0.05, 0.1) is 26.5 Å². The minimum atomic E-state index is -0.222. The number of anilines is 1. The third kappa shape index (κ3) is 6.18. The van der Waals surface area contributed by atoms with Gasteiger partial charge in [0.15, 0.2) is 5.96 Å². The van der Waals surface area contributed by atoms with Crippen molar-refractivity contribution >= 4 is 11.6 Å². The Morgan fingerprint density at radius 3 is 2.44 bits per heavy atom. The number of nitrogens with two attached hydrogens (primary N) is 1. The van der Waals surface area contributed by atoms with Crippen molar-refractivity contribution in [3.63, 3.8) is 0 Å². The van der Waals surface area contributed by atoms with Crippen molar-refractivity contribution in [3.8, 4) is 11.5 Å². The molecule has 4 N–H and O–H groups in total. The Labute approximate surface area is 161 Å². The van der Waals surface area contributed by atoms with Crippen LogP contribution in [0.25, 0.3) is 0 Å². The highest BCUT2D eigenvalue weighted by Gasteiger charge is 2.20. The lowest BCUT2D eigenvalue weighted by Gasteiger charge is -2.29. The molecule has 2 aromatic rings. The van der Waals surface area contributed by atoms with Gasteiger partial charge in [-0.1, -0.05) is 30.3 Å². The molecule has 0 aliphatic carbocycles. The molecule has 0 saturated heterocycles. The molecule has 0 aromatic heterocycles. The van der Waals surface area contributed by atoms with Crippen LogP contribution >= 0.6 is 0 Å². The zero-order valence-electron chi connectivity index (χ0n) is 16.7. The number of benzene rings is 2. The van der Waals surface area contributed by atoms with E-state index in [-0.39, 0.29) is 11.6 Å². The standard InChI is InChI=1S/C21H30N4O2/c1-15(16-9-7-6-8-10-16)25-21(2,3)14-23-20(22)24-18-13-17(26-4)11-12-19(18)27-5/h6-13,15,25H,14H2,1-5H3,(H3,22,23,24). The molecule has 2 rings (SSSR count). The number of nitrogens with zero attached hydrogens (tertiary/aromatic N) is 1. The number of rotatable bonds is 8. The summed E-state index contributed by atoms with van der Waals surface area (Å²) in [7, 11) is 3.23. The van der Waals surface area contributed by atoms with Crippen LogP contribution < -0.4 is 25.8 Å². The number of guanidine groups is 1. The molecule has 6 nitrogen and oxygen atoms in total. The highest BCUT2D eigenvalue weighted by Crippen LogP contribution is 2.28. The van der Waals surface area contributed by atoms with E-state index in [1.54, 1.807) is 14.2 Å². The molecule has 0 aliphatic heterocycles. The summed E-state index contributed by atoms with van der Waals surface area (Å²) in [6.07, 6.45) is 0. The molecule has 0 heterocycles. The first-order valence-corrected chi connectivity index (χ1v) is 8.96. The summed E-state index contributed by atoms with van der Waals surface area (Å²) in [6.45, 7) is 6.88. The van der Waals surface area contributed by atoms with Crippen LogP contribution in [0.4, 0.5) is 5.69 Å². The molecule has 0 fully saturated rings. The maximum Gasteiger partial charge on any atom is 0.193 e. The SMILES string of the molecule is COc1ccc(OC)c(NC(N)=NCC(C)(C)NC(C)c2ccccc2)c1. The van der Waals surface area contributed by atoms with Crippen molar-refractivity contribution in [2.75, 3.05) is 26.1 Å². The molecule has 27 heavy (non-hydrogen) atoms. The normalized spacial score (nSPS) is 13.1. The summed E-state index contributed by atoms with van der Waals surface area (Å²) in [5, 5.41) is 6.69. The second-order valence-corrected chi connectivity index (χ2v) is 7.05. The largest absolute Gasteiger partial charge is 0.497 e. The van der Waals surface area contributed by atoms with Crippen molar-refractivity contribution < 1.29 is 9.47 Å². The van der Waals surface area contributed by atoms with Crippen molar-refractivity contribution in [1.29, 1.82) is 0 Å². The lowest BCUT2D eigenvalue weighted by molar-refractivity contribution is 0.357. The molecule has 0 saturated carbocycles. The first-order chi connectivity index (χ1) is 12.8. The van der Waals surface area contributed by atoms with Crippen LogP contribution in [0.15, 0.2) is 53.5 Å². The van der Waals surface area contributed by atoms with Gasteiger partial charge in [-0.15, -0.1) is 0 Å². The maximum absolute atomic E-state index is 6.08. The van der Waals surface area contributed by atoms with Crippen LogP contribution in [0, 0.1) is 0 Å². The molecule has 6 heteroatoms. The van der Waals surface area contributed by atoms with Gasteiger partial charge in [0.25, 0.3) is 0 Å². The zero-order chi connectivity index (χ0) is 19.9. The van der Waals surface area contributed by atoms with E-state index in [2.05, 4.69) is 48.5 Å². The molecule has 146 valence electrons. The fourth-order valence-electron chi connectivity index (χ4n) is 2.83. The van der Waals surface area contributed by atoms with Gasteiger partial charge < -0.3 is 25.8 Å². The molecule has 0 amide bonds. The molecular weight excluding hydrogens is 340 g/mol.